The second-order valence-electron chi connectivity index (χ2n) is 4.45. The maximum absolute atomic E-state index is 5.73. The van der Waals surface area contributed by atoms with Crippen LogP contribution in [0.2, 0.25) is 5.54 Å². The van der Waals surface area contributed by atoms with Gasteiger partial charge in [0.25, 0.3) is 0 Å². The van der Waals surface area contributed by atoms with Gasteiger partial charge in [-0.3, -0.25) is 0 Å². The molecule has 0 spiro atoms. The van der Waals surface area contributed by atoms with Crippen LogP contribution in [0.4, 0.5) is 0 Å². The van der Waals surface area contributed by atoms with E-state index in [2.05, 4.69) is 39.8 Å². The van der Waals surface area contributed by atoms with E-state index >= 15 is 0 Å². The Morgan fingerprint density at radius 3 is 2.12 bits per heavy atom. The highest BCUT2D eigenvalue weighted by Crippen LogP contribution is 2.18. The van der Waals surface area contributed by atoms with Gasteiger partial charge in [0.1, 0.15) is 0 Å². The molecule has 2 nitrogen and oxygen atoms in total. The zero-order chi connectivity index (χ0) is 12.9. The van der Waals surface area contributed by atoms with Gasteiger partial charge < -0.3 is 8.85 Å². The van der Waals surface area contributed by atoms with Crippen LogP contribution in [0.1, 0.15) is 59.8 Å². The Morgan fingerprint density at radius 1 is 1.00 bits per heavy atom. The summed E-state index contributed by atoms with van der Waals surface area (Å²) in [6.45, 7) is 10.2. The number of allylic oxidation sites excluding steroid dienone is 2. The lowest BCUT2D eigenvalue weighted by Gasteiger charge is -2.20. The van der Waals surface area contributed by atoms with Gasteiger partial charge in [0, 0.05) is 13.2 Å². The minimum Gasteiger partial charge on any atom is -0.397 e. The average Bonchev–Trinajstić information content (AvgIpc) is 2.33. The molecule has 0 saturated heterocycles. The van der Waals surface area contributed by atoms with Gasteiger partial charge >= 0.3 is 9.28 Å². The molecule has 17 heavy (non-hydrogen) atoms. The first-order chi connectivity index (χ1) is 8.26. The molecule has 102 valence electrons. The summed E-state index contributed by atoms with van der Waals surface area (Å²) in [6, 6.07) is 0. The molecule has 0 aromatic rings. The molecule has 0 aliphatic rings. The van der Waals surface area contributed by atoms with Gasteiger partial charge in [-0.1, -0.05) is 38.8 Å². The Hall–Kier alpha value is -0.123. The first-order valence-electron chi connectivity index (χ1n) is 7.14. The Kier molecular flexibility index (Phi) is 12.2. The fourth-order valence-corrected chi connectivity index (χ4v) is 3.63. The average molecular weight is 258 g/mol. The highest BCUT2D eigenvalue weighted by atomic mass is 28.3. The molecule has 0 fully saturated rings. The van der Waals surface area contributed by atoms with Gasteiger partial charge in [0.2, 0.25) is 0 Å². The van der Waals surface area contributed by atoms with Crippen LogP contribution >= 0.6 is 0 Å². The lowest BCUT2D eigenvalue weighted by molar-refractivity contribution is 0.204. The zero-order valence-electron chi connectivity index (χ0n) is 12.1. The van der Waals surface area contributed by atoms with Crippen LogP contribution in [-0.4, -0.2) is 22.5 Å². The van der Waals surface area contributed by atoms with Gasteiger partial charge in [-0.25, -0.2) is 0 Å². The fourth-order valence-electron chi connectivity index (χ4n) is 1.76. The molecule has 0 aromatic heterocycles. The van der Waals surface area contributed by atoms with E-state index < -0.39 is 9.28 Å². The molecule has 0 saturated carbocycles. The lowest BCUT2D eigenvalue weighted by Crippen LogP contribution is -2.27. The standard InChI is InChI=1S/C14H30O2Si/c1-5-8-9-10-11-12-13-14(4)17(15-6-2)16-7-3/h10-11,14,17H,5-9,12-13H2,1-4H3. The van der Waals surface area contributed by atoms with Gasteiger partial charge in [-0.2, -0.15) is 0 Å². The fraction of sp³-hybridized carbons (Fsp3) is 0.857. The highest BCUT2D eigenvalue weighted by Gasteiger charge is 2.20. The van der Waals surface area contributed by atoms with Gasteiger partial charge in [-0.05, 0) is 38.7 Å². The summed E-state index contributed by atoms with van der Waals surface area (Å²) in [5.74, 6) is 0. The van der Waals surface area contributed by atoms with Crippen molar-refractivity contribution in [2.45, 2.75) is 65.3 Å². The van der Waals surface area contributed by atoms with Crippen LogP contribution in [0.5, 0.6) is 0 Å². The molecule has 1 atom stereocenters. The third-order valence-corrected chi connectivity index (χ3v) is 5.39. The largest absolute Gasteiger partial charge is 0.397 e. The van der Waals surface area contributed by atoms with E-state index in [1.807, 2.05) is 0 Å². The van der Waals surface area contributed by atoms with E-state index in [1.165, 1.54) is 25.7 Å². The van der Waals surface area contributed by atoms with E-state index in [4.69, 9.17) is 8.85 Å². The molecule has 0 amide bonds. The predicted octanol–water partition coefficient (Wildman–Crippen LogP) is 4.20. The van der Waals surface area contributed by atoms with E-state index in [-0.39, 0.29) is 0 Å². The number of hydrogen-bond donors (Lipinski definition) is 0. The van der Waals surface area contributed by atoms with Crippen molar-refractivity contribution in [2.24, 2.45) is 0 Å². The van der Waals surface area contributed by atoms with E-state index in [0.717, 1.165) is 19.6 Å². The maximum atomic E-state index is 5.73. The summed E-state index contributed by atoms with van der Waals surface area (Å²) < 4.78 is 11.5. The minimum absolute atomic E-state index is 0.603. The second-order valence-corrected chi connectivity index (χ2v) is 6.99. The number of rotatable bonds is 11. The zero-order valence-corrected chi connectivity index (χ0v) is 13.2. The topological polar surface area (TPSA) is 18.5 Å². The molecule has 0 N–H and O–H groups in total. The third kappa shape index (κ3) is 9.57. The monoisotopic (exact) mass is 258 g/mol. The molecule has 1 unspecified atom stereocenters. The lowest BCUT2D eigenvalue weighted by atomic mass is 10.2. The molecular formula is C14H30O2Si. The molecular weight excluding hydrogens is 228 g/mol. The van der Waals surface area contributed by atoms with Crippen molar-refractivity contribution in [1.82, 2.24) is 0 Å². The van der Waals surface area contributed by atoms with E-state index in [0.29, 0.717) is 5.54 Å². The molecule has 0 rings (SSSR count). The Labute approximate surface area is 109 Å². The van der Waals surface area contributed by atoms with Crippen LogP contribution in [-0.2, 0) is 8.85 Å². The molecule has 0 aromatic carbocycles. The van der Waals surface area contributed by atoms with Crippen LogP contribution in [0, 0.1) is 0 Å². The highest BCUT2D eigenvalue weighted by molar-refractivity contribution is 6.46. The summed E-state index contributed by atoms with van der Waals surface area (Å²) >= 11 is 0. The third-order valence-electron chi connectivity index (χ3n) is 2.81. The SMILES string of the molecule is CCCCC=CCCC(C)[SiH](OCC)OCC. The minimum atomic E-state index is -1.43. The number of hydrogen-bond acceptors (Lipinski definition) is 2. The van der Waals surface area contributed by atoms with Crippen molar-refractivity contribution < 1.29 is 8.85 Å². The number of unbranched alkanes of at least 4 members (excludes halogenated alkanes) is 2. The summed E-state index contributed by atoms with van der Waals surface area (Å²) in [7, 11) is -1.43. The van der Waals surface area contributed by atoms with Gasteiger partial charge in [0.05, 0.1) is 0 Å². The van der Waals surface area contributed by atoms with Crippen molar-refractivity contribution in [3.63, 3.8) is 0 Å². The molecule has 0 aliphatic heterocycles. The quantitative estimate of drug-likeness (QED) is 0.314. The Bertz CT molecular complexity index is 177. The molecule has 0 heterocycles. The Balaban J connectivity index is 3.72. The first-order valence-corrected chi connectivity index (χ1v) is 8.75. The van der Waals surface area contributed by atoms with Crippen molar-refractivity contribution in [2.75, 3.05) is 13.2 Å². The summed E-state index contributed by atoms with van der Waals surface area (Å²) in [5, 5.41) is 0. The Morgan fingerprint density at radius 2 is 1.59 bits per heavy atom. The van der Waals surface area contributed by atoms with Crippen LogP contribution < -0.4 is 0 Å². The van der Waals surface area contributed by atoms with Crippen molar-refractivity contribution in [1.29, 1.82) is 0 Å². The van der Waals surface area contributed by atoms with Gasteiger partial charge in [-0.15, -0.1) is 0 Å². The molecule has 0 aliphatic carbocycles. The van der Waals surface area contributed by atoms with E-state index in [1.54, 1.807) is 0 Å². The summed E-state index contributed by atoms with van der Waals surface area (Å²) in [6.07, 6.45) is 10.8. The molecule has 3 heteroatoms. The maximum Gasteiger partial charge on any atom is 0.324 e. The van der Waals surface area contributed by atoms with Crippen molar-refractivity contribution in [3.8, 4) is 0 Å². The second kappa shape index (κ2) is 12.3. The predicted molar refractivity (Wildman–Crippen MR) is 77.7 cm³/mol. The van der Waals surface area contributed by atoms with Crippen LogP contribution in [0.15, 0.2) is 12.2 Å². The van der Waals surface area contributed by atoms with Crippen LogP contribution in [0.25, 0.3) is 0 Å². The van der Waals surface area contributed by atoms with Crippen molar-refractivity contribution >= 4 is 9.28 Å². The van der Waals surface area contributed by atoms with Gasteiger partial charge in [0.15, 0.2) is 0 Å². The summed E-state index contributed by atoms with van der Waals surface area (Å²) in [5.41, 5.74) is 0.603. The smallest absolute Gasteiger partial charge is 0.324 e. The first kappa shape index (κ1) is 16.9. The summed E-state index contributed by atoms with van der Waals surface area (Å²) in [4.78, 5) is 0. The van der Waals surface area contributed by atoms with E-state index in [9.17, 15) is 0 Å². The van der Waals surface area contributed by atoms with Crippen molar-refractivity contribution in [3.05, 3.63) is 12.2 Å². The normalized spacial score (nSPS) is 13.7. The van der Waals surface area contributed by atoms with Crippen LogP contribution in [0.3, 0.4) is 0 Å². The molecule has 0 bridgehead atoms. The molecule has 0 radical (unpaired) electrons.